The van der Waals surface area contributed by atoms with E-state index in [1.807, 2.05) is 13.0 Å². The Labute approximate surface area is 162 Å². The first-order chi connectivity index (χ1) is 13.4. The highest BCUT2D eigenvalue weighted by Crippen LogP contribution is 2.28. The summed E-state index contributed by atoms with van der Waals surface area (Å²) < 4.78 is 26.7. The van der Waals surface area contributed by atoms with Crippen molar-refractivity contribution in [3.05, 3.63) is 46.3 Å². The van der Waals surface area contributed by atoms with Gasteiger partial charge in [0.25, 0.3) is 12.3 Å². The van der Waals surface area contributed by atoms with Crippen molar-refractivity contribution in [2.24, 2.45) is 5.73 Å². The average Bonchev–Trinajstić information content (AvgIpc) is 3.04. The number of amides is 1. The van der Waals surface area contributed by atoms with Crippen LogP contribution in [0.2, 0.25) is 0 Å². The second-order valence-electron chi connectivity index (χ2n) is 7.08. The van der Waals surface area contributed by atoms with Crippen LogP contribution in [0.4, 0.5) is 14.5 Å². The number of nitrogens with two attached hydrogens (primary N) is 1. The zero-order valence-corrected chi connectivity index (χ0v) is 15.8. The van der Waals surface area contributed by atoms with Crippen LogP contribution in [-0.2, 0) is 25.8 Å². The lowest BCUT2D eigenvalue weighted by molar-refractivity contribution is 0.101. The van der Waals surface area contributed by atoms with Gasteiger partial charge in [-0.3, -0.25) is 14.3 Å². The topological polar surface area (TPSA) is 90.0 Å². The van der Waals surface area contributed by atoms with Gasteiger partial charge in [-0.05, 0) is 48.9 Å². The van der Waals surface area contributed by atoms with Crippen molar-refractivity contribution in [3.63, 3.8) is 0 Å². The van der Waals surface area contributed by atoms with Gasteiger partial charge in [0.1, 0.15) is 6.54 Å². The molecule has 1 heterocycles. The third kappa shape index (κ3) is 4.27. The Bertz CT molecular complexity index is 879. The van der Waals surface area contributed by atoms with E-state index < -0.39 is 18.9 Å². The highest BCUT2D eigenvalue weighted by Gasteiger charge is 2.22. The molecule has 1 amide bonds. The number of halogens is 2. The first-order valence-electron chi connectivity index (χ1n) is 9.44. The summed E-state index contributed by atoms with van der Waals surface area (Å²) in [7, 11) is 0. The number of hydrogen-bond acceptors (Lipinski definition) is 4. The first kappa shape index (κ1) is 20.1. The standard InChI is InChI=1S/C20H24F2N4O2/c1-2-3-14-9-18(25-26(14)10-19(21)22)20(28)24-17-7-4-12-8-13(23)5-6-15(12)16(17)11-27/h4,7,9,11,13,19H,2-3,5-6,8,10,23H2,1H3,(H,24,28)/t13-/m1/s1. The van der Waals surface area contributed by atoms with Crippen molar-refractivity contribution in [2.75, 3.05) is 5.32 Å². The number of aryl methyl sites for hydroxylation is 1. The number of fused-ring (bicyclic) bond motifs is 1. The van der Waals surface area contributed by atoms with Gasteiger partial charge in [-0.15, -0.1) is 0 Å². The number of nitrogens with one attached hydrogen (secondary N) is 1. The van der Waals surface area contributed by atoms with E-state index >= 15 is 0 Å². The number of hydrogen-bond donors (Lipinski definition) is 2. The van der Waals surface area contributed by atoms with Gasteiger partial charge >= 0.3 is 0 Å². The lowest BCUT2D eigenvalue weighted by Gasteiger charge is -2.24. The number of carbonyl (C=O) groups excluding carboxylic acids is 2. The van der Waals surface area contributed by atoms with Crippen molar-refractivity contribution in [3.8, 4) is 0 Å². The van der Waals surface area contributed by atoms with Crippen LogP contribution in [0, 0.1) is 0 Å². The minimum absolute atomic E-state index is 0.0562. The highest BCUT2D eigenvalue weighted by molar-refractivity contribution is 6.05. The molecule has 8 heteroatoms. The lowest BCUT2D eigenvalue weighted by Crippen LogP contribution is -2.28. The minimum Gasteiger partial charge on any atom is -0.327 e. The normalized spacial score (nSPS) is 16.1. The van der Waals surface area contributed by atoms with Crippen LogP contribution in [0.3, 0.4) is 0 Å². The summed E-state index contributed by atoms with van der Waals surface area (Å²) in [6.07, 6.45) is 1.64. The smallest absolute Gasteiger partial charge is 0.276 e. The van der Waals surface area contributed by atoms with E-state index in [4.69, 9.17) is 5.73 Å². The van der Waals surface area contributed by atoms with E-state index in [1.165, 1.54) is 10.7 Å². The molecule has 0 saturated carbocycles. The lowest BCUT2D eigenvalue weighted by atomic mass is 9.85. The van der Waals surface area contributed by atoms with Crippen LogP contribution in [0.15, 0.2) is 18.2 Å². The van der Waals surface area contributed by atoms with Crippen LogP contribution in [-0.4, -0.2) is 34.4 Å². The van der Waals surface area contributed by atoms with E-state index in [1.54, 1.807) is 6.07 Å². The number of carbonyl (C=O) groups is 2. The van der Waals surface area contributed by atoms with Crippen LogP contribution >= 0.6 is 0 Å². The number of nitrogens with zero attached hydrogens (tertiary/aromatic N) is 2. The maximum Gasteiger partial charge on any atom is 0.276 e. The van der Waals surface area contributed by atoms with E-state index in [0.717, 1.165) is 30.3 Å². The van der Waals surface area contributed by atoms with Gasteiger partial charge in [-0.1, -0.05) is 19.4 Å². The number of benzene rings is 1. The fraction of sp³-hybridized carbons (Fsp3) is 0.450. The van der Waals surface area contributed by atoms with Crippen LogP contribution in [0.5, 0.6) is 0 Å². The maximum atomic E-state index is 12.8. The van der Waals surface area contributed by atoms with Gasteiger partial charge in [-0.2, -0.15) is 5.10 Å². The zero-order chi connectivity index (χ0) is 20.3. The maximum absolute atomic E-state index is 12.8. The fourth-order valence-electron chi connectivity index (χ4n) is 3.65. The third-order valence-electron chi connectivity index (χ3n) is 4.98. The second-order valence-corrected chi connectivity index (χ2v) is 7.08. The molecule has 3 rings (SSSR count). The molecule has 0 radical (unpaired) electrons. The predicted molar refractivity (Wildman–Crippen MR) is 102 cm³/mol. The largest absolute Gasteiger partial charge is 0.327 e. The molecule has 3 N–H and O–H groups in total. The van der Waals surface area contributed by atoms with Gasteiger partial charge < -0.3 is 11.1 Å². The summed E-state index contributed by atoms with van der Waals surface area (Å²) in [6.45, 7) is 1.37. The van der Waals surface area contributed by atoms with Crippen LogP contribution in [0.1, 0.15) is 57.4 Å². The van der Waals surface area contributed by atoms with Crippen molar-refractivity contribution in [1.82, 2.24) is 9.78 Å². The number of rotatable bonds is 7. The van der Waals surface area contributed by atoms with Gasteiger partial charge in [0.05, 0.1) is 5.69 Å². The molecule has 0 fully saturated rings. The second kappa shape index (κ2) is 8.60. The molecule has 0 unspecified atom stereocenters. The first-order valence-corrected chi connectivity index (χ1v) is 9.44. The average molecular weight is 390 g/mol. The zero-order valence-electron chi connectivity index (χ0n) is 15.8. The Kier molecular flexibility index (Phi) is 6.18. The van der Waals surface area contributed by atoms with Crippen molar-refractivity contribution in [1.29, 1.82) is 0 Å². The Morgan fingerprint density at radius 1 is 1.46 bits per heavy atom. The number of aromatic nitrogens is 2. The predicted octanol–water partition coefficient (Wildman–Crippen LogP) is 2.98. The SMILES string of the molecule is CCCc1cc(C(=O)Nc2ccc3c(c2C=O)CC[C@@H](N)C3)nn1CC(F)F. The summed E-state index contributed by atoms with van der Waals surface area (Å²) in [5.74, 6) is -0.527. The van der Waals surface area contributed by atoms with E-state index in [2.05, 4.69) is 10.4 Å². The minimum atomic E-state index is -2.56. The van der Waals surface area contributed by atoms with E-state index in [-0.39, 0.29) is 11.7 Å². The molecule has 0 aliphatic heterocycles. The molecule has 0 saturated heterocycles. The monoisotopic (exact) mass is 390 g/mol. The summed E-state index contributed by atoms with van der Waals surface area (Å²) in [4.78, 5) is 24.3. The van der Waals surface area contributed by atoms with E-state index in [0.29, 0.717) is 36.2 Å². The molecule has 1 aliphatic carbocycles. The van der Waals surface area contributed by atoms with Crippen LogP contribution in [0.25, 0.3) is 0 Å². The summed E-state index contributed by atoms with van der Waals surface area (Å²) >= 11 is 0. The number of aldehydes is 1. The van der Waals surface area contributed by atoms with Crippen molar-refractivity contribution in [2.45, 2.75) is 58.0 Å². The Hall–Kier alpha value is -2.61. The van der Waals surface area contributed by atoms with E-state index in [9.17, 15) is 18.4 Å². The molecule has 1 aromatic heterocycles. The molecule has 1 aromatic carbocycles. The molecule has 1 atom stereocenters. The van der Waals surface area contributed by atoms with Crippen molar-refractivity contribution < 1.29 is 18.4 Å². The van der Waals surface area contributed by atoms with Gasteiger partial charge in [0.15, 0.2) is 12.0 Å². The fourth-order valence-corrected chi connectivity index (χ4v) is 3.65. The molecule has 0 bridgehead atoms. The molecule has 0 spiro atoms. The molecular weight excluding hydrogens is 366 g/mol. The number of anilines is 1. The Balaban J connectivity index is 1.86. The number of alkyl halides is 2. The molecule has 6 nitrogen and oxygen atoms in total. The van der Waals surface area contributed by atoms with Gasteiger partial charge in [0.2, 0.25) is 0 Å². The summed E-state index contributed by atoms with van der Waals surface area (Å²) in [6, 6.07) is 5.15. The molecule has 1 aliphatic rings. The summed E-state index contributed by atoms with van der Waals surface area (Å²) in [5.41, 5.74) is 9.40. The highest BCUT2D eigenvalue weighted by atomic mass is 19.3. The molecular formula is C20H24F2N4O2. The molecule has 28 heavy (non-hydrogen) atoms. The Morgan fingerprint density at radius 3 is 2.93 bits per heavy atom. The Morgan fingerprint density at radius 2 is 2.25 bits per heavy atom. The van der Waals surface area contributed by atoms with Crippen molar-refractivity contribution >= 4 is 17.9 Å². The van der Waals surface area contributed by atoms with Gasteiger partial charge in [0, 0.05) is 17.3 Å². The van der Waals surface area contributed by atoms with Gasteiger partial charge in [-0.25, -0.2) is 8.78 Å². The molecule has 150 valence electrons. The third-order valence-corrected chi connectivity index (χ3v) is 4.98. The molecule has 2 aromatic rings. The quantitative estimate of drug-likeness (QED) is 0.711. The summed E-state index contributed by atoms with van der Waals surface area (Å²) in [5, 5.41) is 6.75. The van der Waals surface area contributed by atoms with Crippen LogP contribution < -0.4 is 11.1 Å².